The molecule has 8 nitrogen and oxygen atoms in total. The van der Waals surface area contributed by atoms with Crippen molar-refractivity contribution in [3.8, 4) is 0 Å². The van der Waals surface area contributed by atoms with Gasteiger partial charge in [0.2, 0.25) is 26.0 Å². The van der Waals surface area contributed by atoms with E-state index in [1.54, 1.807) is 48.5 Å². The van der Waals surface area contributed by atoms with E-state index in [0.29, 0.717) is 35.1 Å². The van der Waals surface area contributed by atoms with E-state index in [-0.39, 0.29) is 29.4 Å². The summed E-state index contributed by atoms with van der Waals surface area (Å²) >= 11 is 11.9. The molecule has 1 aliphatic heterocycles. The third-order valence-corrected chi connectivity index (χ3v) is 10.6. The number of nitrogens with one attached hydrogen (secondary N) is 1. The molecule has 1 saturated heterocycles. The summed E-state index contributed by atoms with van der Waals surface area (Å²) in [4.78, 5) is 13.1. The number of rotatable bonds is 11. The molecule has 208 valence electrons. The molecular formula is C27H29Cl2N3O5S2. The quantitative estimate of drug-likeness (QED) is 0.348. The molecule has 1 amide bonds. The second kappa shape index (κ2) is 12.8. The summed E-state index contributed by atoms with van der Waals surface area (Å²) in [7, 11) is -7.49. The third kappa shape index (κ3) is 7.59. The van der Waals surface area contributed by atoms with E-state index in [1.165, 1.54) is 28.6 Å². The number of hydrogen-bond donors (Lipinski definition) is 1. The van der Waals surface area contributed by atoms with E-state index in [2.05, 4.69) is 5.32 Å². The molecule has 1 aliphatic rings. The molecule has 0 saturated carbocycles. The van der Waals surface area contributed by atoms with Crippen LogP contribution in [0.2, 0.25) is 10.0 Å². The van der Waals surface area contributed by atoms with E-state index >= 15 is 0 Å². The first kappa shape index (κ1) is 29.5. The van der Waals surface area contributed by atoms with Gasteiger partial charge in [-0.25, -0.2) is 16.8 Å². The Bertz CT molecular complexity index is 1490. The van der Waals surface area contributed by atoms with Crippen LogP contribution in [0.5, 0.6) is 0 Å². The van der Waals surface area contributed by atoms with Crippen LogP contribution in [0.15, 0.2) is 82.6 Å². The van der Waals surface area contributed by atoms with Crippen molar-refractivity contribution >= 4 is 49.2 Å². The highest BCUT2D eigenvalue weighted by Gasteiger charge is 2.28. The maximum absolute atomic E-state index is 13.4. The monoisotopic (exact) mass is 609 g/mol. The SMILES string of the molecule is O=C(CN(Cc1ccc(Cl)cc1)S(=O)(=O)c1ccc(Cl)cc1)NCCc1ccc(S(=O)(=O)N2CCCC2)cc1. The normalized spacial score (nSPS) is 14.5. The maximum atomic E-state index is 13.4. The van der Waals surface area contributed by atoms with Crippen LogP contribution in [-0.4, -0.2) is 57.5 Å². The minimum atomic E-state index is -4.00. The summed E-state index contributed by atoms with van der Waals surface area (Å²) in [6, 6.07) is 19.1. The van der Waals surface area contributed by atoms with Crippen LogP contribution in [0.3, 0.4) is 0 Å². The van der Waals surface area contributed by atoms with Gasteiger partial charge >= 0.3 is 0 Å². The van der Waals surface area contributed by atoms with Gasteiger partial charge in [-0.3, -0.25) is 4.79 Å². The molecule has 3 aromatic carbocycles. The van der Waals surface area contributed by atoms with E-state index in [1.807, 2.05) is 0 Å². The van der Waals surface area contributed by atoms with E-state index in [0.717, 1.165) is 22.7 Å². The number of carbonyl (C=O) groups is 1. The third-order valence-electron chi connectivity index (χ3n) is 6.41. The van der Waals surface area contributed by atoms with Crippen LogP contribution in [0.25, 0.3) is 0 Å². The van der Waals surface area contributed by atoms with Crippen molar-refractivity contribution in [1.82, 2.24) is 13.9 Å². The zero-order chi connectivity index (χ0) is 28.0. The van der Waals surface area contributed by atoms with Gasteiger partial charge in [0.25, 0.3) is 0 Å². The Kier molecular flexibility index (Phi) is 9.69. The Morgan fingerprint density at radius 1 is 0.769 bits per heavy atom. The number of hydrogen-bond acceptors (Lipinski definition) is 5. The van der Waals surface area contributed by atoms with E-state index < -0.39 is 26.0 Å². The molecule has 0 unspecified atom stereocenters. The molecule has 12 heteroatoms. The van der Waals surface area contributed by atoms with Crippen LogP contribution in [0.4, 0.5) is 0 Å². The number of nitrogens with zero attached hydrogens (tertiary/aromatic N) is 2. The number of amides is 1. The minimum absolute atomic E-state index is 0.0253. The van der Waals surface area contributed by atoms with Gasteiger partial charge in [-0.15, -0.1) is 0 Å². The summed E-state index contributed by atoms with van der Waals surface area (Å²) in [5.41, 5.74) is 1.52. The second-order valence-electron chi connectivity index (χ2n) is 9.21. The Morgan fingerprint density at radius 3 is 1.87 bits per heavy atom. The summed E-state index contributed by atoms with van der Waals surface area (Å²) in [5.74, 6) is -0.463. The van der Waals surface area contributed by atoms with Gasteiger partial charge in [0.15, 0.2) is 0 Å². The van der Waals surface area contributed by atoms with Crippen LogP contribution in [0.1, 0.15) is 24.0 Å². The highest BCUT2D eigenvalue weighted by Crippen LogP contribution is 2.22. The molecule has 1 N–H and O–H groups in total. The molecule has 0 aliphatic carbocycles. The van der Waals surface area contributed by atoms with Crippen molar-refractivity contribution in [2.24, 2.45) is 0 Å². The molecule has 3 aromatic rings. The van der Waals surface area contributed by atoms with E-state index in [9.17, 15) is 21.6 Å². The first-order valence-electron chi connectivity index (χ1n) is 12.4. The molecule has 1 fully saturated rings. The molecule has 0 radical (unpaired) electrons. The zero-order valence-electron chi connectivity index (χ0n) is 21.1. The summed E-state index contributed by atoms with van der Waals surface area (Å²) in [5, 5.41) is 3.68. The summed E-state index contributed by atoms with van der Waals surface area (Å²) < 4.78 is 54.8. The van der Waals surface area contributed by atoms with Gasteiger partial charge in [0.1, 0.15) is 0 Å². The lowest BCUT2D eigenvalue weighted by atomic mass is 10.1. The first-order valence-corrected chi connectivity index (χ1v) is 16.1. The predicted molar refractivity (Wildman–Crippen MR) is 152 cm³/mol. The van der Waals surface area contributed by atoms with Crippen LogP contribution < -0.4 is 5.32 Å². The zero-order valence-corrected chi connectivity index (χ0v) is 24.2. The highest BCUT2D eigenvalue weighted by molar-refractivity contribution is 7.89. The van der Waals surface area contributed by atoms with Gasteiger partial charge in [0.05, 0.1) is 16.3 Å². The summed E-state index contributed by atoms with van der Waals surface area (Å²) in [6.07, 6.45) is 2.20. The molecular weight excluding hydrogens is 581 g/mol. The van der Waals surface area contributed by atoms with Crippen molar-refractivity contribution < 1.29 is 21.6 Å². The lowest BCUT2D eigenvalue weighted by Gasteiger charge is -2.22. The molecule has 39 heavy (non-hydrogen) atoms. The van der Waals surface area contributed by atoms with Gasteiger partial charge < -0.3 is 5.32 Å². The lowest BCUT2D eigenvalue weighted by Crippen LogP contribution is -2.40. The van der Waals surface area contributed by atoms with Crippen LogP contribution in [0, 0.1) is 0 Å². The molecule has 4 rings (SSSR count). The van der Waals surface area contributed by atoms with Gasteiger partial charge in [-0.1, -0.05) is 47.5 Å². The highest BCUT2D eigenvalue weighted by atomic mass is 35.5. The smallest absolute Gasteiger partial charge is 0.243 e. The Labute approximate surface area is 239 Å². The standard InChI is InChI=1S/C27H29Cl2N3O5S2/c28-23-7-3-22(4-8-23)19-32(39(36,37)26-13-9-24(29)10-14-26)20-27(33)30-16-15-21-5-11-25(12-6-21)38(34,35)31-17-1-2-18-31/h3-14H,1-2,15-20H2,(H,30,33). The molecule has 0 aromatic heterocycles. The van der Waals surface area contributed by atoms with Gasteiger partial charge in [-0.05, 0) is 78.9 Å². The fraction of sp³-hybridized carbons (Fsp3) is 0.296. The average Bonchev–Trinajstić information content (AvgIpc) is 3.46. The fourth-order valence-corrected chi connectivity index (χ4v) is 7.40. The first-order chi connectivity index (χ1) is 18.6. The molecule has 1 heterocycles. The topological polar surface area (TPSA) is 104 Å². The minimum Gasteiger partial charge on any atom is -0.355 e. The number of carbonyl (C=O) groups excluding carboxylic acids is 1. The van der Waals surface area contributed by atoms with Crippen molar-refractivity contribution in [3.05, 3.63) is 94.0 Å². The van der Waals surface area contributed by atoms with Crippen molar-refractivity contribution in [2.45, 2.75) is 35.6 Å². The Balaban J connectivity index is 1.39. The Hall–Kier alpha value is -2.47. The second-order valence-corrected chi connectivity index (χ2v) is 14.0. The van der Waals surface area contributed by atoms with Crippen LogP contribution >= 0.6 is 23.2 Å². The van der Waals surface area contributed by atoms with Crippen molar-refractivity contribution in [2.75, 3.05) is 26.2 Å². The molecule has 0 bridgehead atoms. The van der Waals surface area contributed by atoms with Gasteiger partial charge in [0, 0.05) is 36.2 Å². The van der Waals surface area contributed by atoms with Crippen LogP contribution in [-0.2, 0) is 37.8 Å². The lowest BCUT2D eigenvalue weighted by molar-refractivity contribution is -0.121. The number of sulfonamides is 2. The van der Waals surface area contributed by atoms with Crippen molar-refractivity contribution in [3.63, 3.8) is 0 Å². The fourth-order valence-electron chi connectivity index (χ4n) is 4.24. The predicted octanol–water partition coefficient (Wildman–Crippen LogP) is 4.33. The Morgan fingerprint density at radius 2 is 1.28 bits per heavy atom. The summed E-state index contributed by atoms with van der Waals surface area (Å²) in [6.45, 7) is 0.924. The largest absolute Gasteiger partial charge is 0.355 e. The van der Waals surface area contributed by atoms with Gasteiger partial charge in [-0.2, -0.15) is 8.61 Å². The molecule has 0 spiro atoms. The number of halogens is 2. The van der Waals surface area contributed by atoms with Crippen molar-refractivity contribution in [1.29, 1.82) is 0 Å². The molecule has 0 atom stereocenters. The maximum Gasteiger partial charge on any atom is 0.243 e. The number of benzene rings is 3. The van der Waals surface area contributed by atoms with E-state index in [4.69, 9.17) is 23.2 Å². The average molecular weight is 611 g/mol.